The molecule has 4 aromatic rings. The number of halogens is 1. The number of rotatable bonds is 13. The van der Waals surface area contributed by atoms with Gasteiger partial charge in [-0.3, -0.25) is 9.48 Å². The minimum Gasteiger partial charge on any atom is -0.371 e. The van der Waals surface area contributed by atoms with Gasteiger partial charge in [0.15, 0.2) is 5.82 Å². The van der Waals surface area contributed by atoms with Gasteiger partial charge >= 0.3 is 0 Å². The minimum atomic E-state index is -1.17. The van der Waals surface area contributed by atoms with Crippen molar-refractivity contribution >= 4 is 63.6 Å². The lowest BCUT2D eigenvalue weighted by atomic mass is 9.88. The van der Waals surface area contributed by atoms with Gasteiger partial charge in [-0.1, -0.05) is 23.7 Å². The van der Waals surface area contributed by atoms with Gasteiger partial charge in [0.05, 0.1) is 27.8 Å². The first kappa shape index (κ1) is 39.6. The lowest BCUT2D eigenvalue weighted by Gasteiger charge is -2.38. The Kier molecular flexibility index (Phi) is 14.3. The maximum absolute atomic E-state index is 13.6. The molecule has 3 aliphatic heterocycles. The molecule has 290 valence electrons. The zero-order valence-electron chi connectivity index (χ0n) is 31.3. The standard InChI is InChI=1S/C35H46ClN9OS.C4H7NO2/c1-37-34-32-7-6-27(20-33(32)42(2)41-34)26-10-14-43(15-11-26)24-25-8-16-44(17-9-25)30-4-3-5-31(21-30)47(46)45-18-12-29(13-19-45)40-35-38-22-28(36)23-39-35;6-3-1-2-5-4-7/h3-7,20-23,25-26,29H,8-19,24H2,1-2H3,(H,37,41)(H,38,39,40);3-4H,1-2H2,(H,5,7). The number of aromatic nitrogens is 4. The summed E-state index contributed by atoms with van der Waals surface area (Å²) in [6.45, 7) is 7.64. The van der Waals surface area contributed by atoms with E-state index in [4.69, 9.17) is 11.6 Å². The summed E-state index contributed by atoms with van der Waals surface area (Å²) in [5.74, 6) is 2.90. The van der Waals surface area contributed by atoms with Crippen LogP contribution in [0.15, 0.2) is 59.8 Å². The number of likely N-dealkylation sites (tertiary alicyclic amines) is 1. The predicted molar refractivity (Wildman–Crippen MR) is 216 cm³/mol. The fourth-order valence-electron chi connectivity index (χ4n) is 7.78. The molecule has 54 heavy (non-hydrogen) atoms. The highest BCUT2D eigenvalue weighted by Gasteiger charge is 2.28. The maximum atomic E-state index is 13.6. The summed E-state index contributed by atoms with van der Waals surface area (Å²) < 4.78 is 17.6. The monoisotopic (exact) mass is 776 g/mol. The first-order chi connectivity index (χ1) is 26.3. The molecule has 3 fully saturated rings. The van der Waals surface area contributed by atoms with Crippen molar-refractivity contribution in [1.29, 1.82) is 0 Å². The van der Waals surface area contributed by atoms with Gasteiger partial charge in [-0.25, -0.2) is 18.5 Å². The number of amides is 1. The third-order valence-electron chi connectivity index (χ3n) is 10.8. The van der Waals surface area contributed by atoms with Crippen molar-refractivity contribution in [2.45, 2.75) is 61.8 Å². The van der Waals surface area contributed by atoms with Crippen molar-refractivity contribution in [2.75, 3.05) is 74.9 Å². The van der Waals surface area contributed by atoms with Gasteiger partial charge in [0.25, 0.3) is 0 Å². The summed E-state index contributed by atoms with van der Waals surface area (Å²) in [6, 6.07) is 15.6. The van der Waals surface area contributed by atoms with Crippen LogP contribution in [0.2, 0.25) is 5.02 Å². The maximum Gasteiger partial charge on any atom is 0.222 e. The number of aldehydes is 1. The largest absolute Gasteiger partial charge is 0.371 e. The average molecular weight is 777 g/mol. The second-order valence-electron chi connectivity index (χ2n) is 14.4. The van der Waals surface area contributed by atoms with Crippen LogP contribution in [-0.2, 0) is 27.6 Å². The van der Waals surface area contributed by atoms with Gasteiger partial charge in [-0.2, -0.15) is 5.10 Å². The minimum absolute atomic E-state index is 0.262. The van der Waals surface area contributed by atoms with Crippen molar-refractivity contribution < 1.29 is 13.8 Å². The molecule has 1 unspecified atom stereocenters. The van der Waals surface area contributed by atoms with Gasteiger partial charge in [0.1, 0.15) is 17.3 Å². The quantitative estimate of drug-likeness (QED) is 0.125. The molecular formula is C39H53ClN10O3S. The highest BCUT2D eigenvalue weighted by Crippen LogP contribution is 2.33. The number of nitrogens with zero attached hydrogens (tertiary/aromatic N) is 7. The number of hydrogen-bond acceptors (Lipinski definition) is 10. The number of carbonyl (C=O) groups excluding carboxylic acids is 2. The summed E-state index contributed by atoms with van der Waals surface area (Å²) in [5, 5.41) is 15.3. The van der Waals surface area contributed by atoms with E-state index in [2.05, 4.69) is 81.5 Å². The molecule has 0 spiro atoms. The highest BCUT2D eigenvalue weighted by molar-refractivity contribution is 7.82. The Labute approximate surface area is 325 Å². The molecule has 15 heteroatoms. The normalized spacial score (nSPS) is 18.5. The molecule has 0 aliphatic carbocycles. The third kappa shape index (κ3) is 10.3. The molecule has 7 rings (SSSR count). The number of piperidine rings is 3. The zero-order chi connectivity index (χ0) is 37.9. The van der Waals surface area contributed by atoms with Gasteiger partial charge in [0, 0.05) is 76.9 Å². The summed E-state index contributed by atoms with van der Waals surface area (Å²) in [6.07, 6.45) is 11.6. The first-order valence-corrected chi connectivity index (χ1v) is 20.6. The van der Waals surface area contributed by atoms with E-state index in [1.807, 2.05) is 24.8 Å². The van der Waals surface area contributed by atoms with Crippen LogP contribution in [0, 0.1) is 5.92 Å². The Hall–Kier alpha value is -4.11. The molecule has 0 bridgehead atoms. The molecule has 1 atom stereocenters. The van der Waals surface area contributed by atoms with Crippen LogP contribution >= 0.6 is 11.6 Å². The summed E-state index contributed by atoms with van der Waals surface area (Å²) >= 11 is 5.91. The molecule has 2 aromatic heterocycles. The molecule has 0 saturated carbocycles. The van der Waals surface area contributed by atoms with Crippen LogP contribution in [0.25, 0.3) is 10.9 Å². The van der Waals surface area contributed by atoms with E-state index in [-0.39, 0.29) is 6.04 Å². The number of benzene rings is 2. The number of carbonyl (C=O) groups is 2. The summed E-state index contributed by atoms with van der Waals surface area (Å²) in [4.78, 5) is 33.6. The van der Waals surface area contributed by atoms with Crippen LogP contribution < -0.4 is 20.9 Å². The van der Waals surface area contributed by atoms with Crippen LogP contribution in [0.5, 0.6) is 0 Å². The van der Waals surface area contributed by atoms with Crippen molar-refractivity contribution in [3.8, 4) is 0 Å². The Morgan fingerprint density at radius 1 is 0.926 bits per heavy atom. The van der Waals surface area contributed by atoms with Crippen LogP contribution in [-0.4, -0.2) is 111 Å². The molecular weight excluding hydrogens is 724 g/mol. The highest BCUT2D eigenvalue weighted by atomic mass is 35.5. The molecule has 13 nitrogen and oxygen atoms in total. The van der Waals surface area contributed by atoms with E-state index in [9.17, 15) is 13.8 Å². The van der Waals surface area contributed by atoms with E-state index in [0.29, 0.717) is 36.3 Å². The van der Waals surface area contributed by atoms with E-state index >= 15 is 0 Å². The van der Waals surface area contributed by atoms with E-state index in [1.165, 1.54) is 67.5 Å². The number of aryl methyl sites for hydroxylation is 1. The molecule has 3 N–H and O–H groups in total. The molecule has 2 aromatic carbocycles. The van der Waals surface area contributed by atoms with E-state index in [1.54, 1.807) is 12.4 Å². The lowest BCUT2D eigenvalue weighted by molar-refractivity contribution is -0.110. The summed E-state index contributed by atoms with van der Waals surface area (Å²) in [7, 11) is 2.79. The van der Waals surface area contributed by atoms with Crippen LogP contribution in [0.3, 0.4) is 0 Å². The molecule has 1 amide bonds. The molecule has 0 radical (unpaired) electrons. The van der Waals surface area contributed by atoms with E-state index in [0.717, 1.165) is 61.9 Å². The first-order valence-electron chi connectivity index (χ1n) is 19.1. The van der Waals surface area contributed by atoms with E-state index < -0.39 is 11.0 Å². The van der Waals surface area contributed by atoms with Crippen molar-refractivity contribution in [1.82, 2.24) is 34.3 Å². The van der Waals surface area contributed by atoms with Crippen molar-refractivity contribution in [3.63, 3.8) is 0 Å². The van der Waals surface area contributed by atoms with Crippen LogP contribution in [0.4, 0.5) is 17.5 Å². The number of nitrogens with one attached hydrogen (secondary N) is 3. The lowest BCUT2D eigenvalue weighted by Crippen LogP contribution is -2.41. The Bertz CT molecular complexity index is 1830. The fourth-order valence-corrected chi connectivity index (χ4v) is 9.13. The Morgan fingerprint density at radius 3 is 2.35 bits per heavy atom. The Morgan fingerprint density at radius 2 is 1.67 bits per heavy atom. The number of fused-ring (bicyclic) bond motifs is 1. The topological polar surface area (TPSA) is 141 Å². The smallest absolute Gasteiger partial charge is 0.222 e. The molecule has 3 aliphatic rings. The zero-order valence-corrected chi connectivity index (χ0v) is 32.9. The Balaban J connectivity index is 0.000000649. The van der Waals surface area contributed by atoms with Gasteiger partial charge < -0.3 is 30.5 Å². The average Bonchev–Trinajstić information content (AvgIpc) is 3.54. The summed E-state index contributed by atoms with van der Waals surface area (Å²) in [5.41, 5.74) is 3.85. The van der Waals surface area contributed by atoms with Crippen LogP contribution in [0.1, 0.15) is 56.4 Å². The predicted octanol–water partition coefficient (Wildman–Crippen LogP) is 5.07. The second kappa shape index (κ2) is 19.5. The van der Waals surface area contributed by atoms with Gasteiger partial charge in [-0.05, 0) is 99.3 Å². The van der Waals surface area contributed by atoms with Crippen molar-refractivity contribution in [2.24, 2.45) is 13.0 Å². The molecule has 5 heterocycles. The second-order valence-corrected chi connectivity index (χ2v) is 16.3. The third-order valence-corrected chi connectivity index (χ3v) is 12.5. The number of hydrogen-bond donors (Lipinski definition) is 3. The fraction of sp³-hybridized carbons (Fsp3) is 0.513. The number of anilines is 3. The molecule has 3 saturated heterocycles. The van der Waals surface area contributed by atoms with Gasteiger partial charge in [0.2, 0.25) is 12.4 Å². The van der Waals surface area contributed by atoms with Gasteiger partial charge in [-0.15, -0.1) is 0 Å². The SMILES string of the molecule is CNc1nn(C)c2cc(C3CCN(CC4CCN(c5cccc(S(=O)N6CCC(Nc7ncc(Cl)cn7)CC6)c5)CC4)CC3)ccc12.O=CCCNC=O. The van der Waals surface area contributed by atoms with Crippen molar-refractivity contribution in [3.05, 3.63) is 65.4 Å².